The molecule has 1 atom stereocenters. The minimum Gasteiger partial charge on any atom is -0.495 e. The third-order valence-electron chi connectivity index (χ3n) is 4.71. The first-order valence-corrected chi connectivity index (χ1v) is 10.0. The number of halogens is 5. The summed E-state index contributed by atoms with van der Waals surface area (Å²) in [4.78, 5) is 0.0735. The smallest absolute Gasteiger partial charge is 0.246 e. The quantitative estimate of drug-likeness (QED) is 0.429. The lowest BCUT2D eigenvalue weighted by atomic mass is 10.1. The molecule has 0 aliphatic carbocycles. The minimum absolute atomic E-state index is 0.229. The van der Waals surface area contributed by atoms with Crippen molar-refractivity contribution >= 4 is 15.7 Å². The van der Waals surface area contributed by atoms with Gasteiger partial charge in [0.25, 0.3) is 0 Å². The Bertz CT molecular complexity index is 1000. The highest BCUT2D eigenvalue weighted by molar-refractivity contribution is 7.89. The zero-order valence-electron chi connectivity index (χ0n) is 15.2. The van der Waals surface area contributed by atoms with Crippen LogP contribution in [0, 0.1) is 35.0 Å². The van der Waals surface area contributed by atoms with Crippen molar-refractivity contribution in [3.63, 3.8) is 0 Å². The zero-order chi connectivity index (χ0) is 21.3. The van der Waals surface area contributed by atoms with E-state index in [9.17, 15) is 30.4 Å². The number of nitrogens with zero attached hydrogens (tertiary/aromatic N) is 1. The van der Waals surface area contributed by atoms with Crippen LogP contribution in [-0.2, 0) is 10.0 Å². The maximum absolute atomic E-state index is 13.8. The number of rotatable bonds is 6. The molecule has 0 bridgehead atoms. The van der Waals surface area contributed by atoms with E-state index in [2.05, 4.69) is 0 Å². The standard InChI is InChI=1S/C18H17F5N2O3S/c1-28-12-5-3-2-4-11(12)25-7-6-10(9-25)8-24-29(26,27)18-16(22)14(20)13(19)15(21)17(18)23/h2-5,10,24H,6-9H2,1H3. The molecule has 1 saturated heterocycles. The lowest BCUT2D eigenvalue weighted by molar-refractivity contribution is 0.357. The zero-order valence-corrected chi connectivity index (χ0v) is 16.0. The Labute approximate surface area is 164 Å². The molecular weight excluding hydrogens is 419 g/mol. The average molecular weight is 436 g/mol. The van der Waals surface area contributed by atoms with Gasteiger partial charge < -0.3 is 9.64 Å². The van der Waals surface area contributed by atoms with E-state index in [0.29, 0.717) is 25.3 Å². The van der Waals surface area contributed by atoms with Crippen molar-refractivity contribution in [3.05, 3.63) is 53.4 Å². The molecule has 1 heterocycles. The predicted molar refractivity (Wildman–Crippen MR) is 94.7 cm³/mol. The summed E-state index contributed by atoms with van der Waals surface area (Å²) in [6.45, 7) is 0.767. The van der Waals surface area contributed by atoms with E-state index in [1.807, 2.05) is 21.8 Å². The number of hydrogen-bond donors (Lipinski definition) is 1. The molecule has 0 radical (unpaired) electrons. The second-order valence-corrected chi connectivity index (χ2v) is 8.23. The van der Waals surface area contributed by atoms with Crippen molar-refractivity contribution < 1.29 is 35.1 Å². The molecule has 1 fully saturated rings. The van der Waals surface area contributed by atoms with Gasteiger partial charge in [-0.2, -0.15) is 0 Å². The van der Waals surface area contributed by atoms with Crippen LogP contribution in [0.4, 0.5) is 27.6 Å². The highest BCUT2D eigenvalue weighted by Gasteiger charge is 2.34. The number of nitrogens with one attached hydrogen (secondary N) is 1. The second kappa shape index (κ2) is 8.15. The highest BCUT2D eigenvalue weighted by atomic mass is 32.2. The van der Waals surface area contributed by atoms with E-state index in [-0.39, 0.29) is 12.5 Å². The molecule has 2 aromatic rings. The van der Waals surface area contributed by atoms with Gasteiger partial charge in [-0.25, -0.2) is 35.1 Å². The summed E-state index contributed by atoms with van der Waals surface area (Å²) in [5.74, 6) is -11.4. The van der Waals surface area contributed by atoms with E-state index in [1.165, 1.54) is 7.11 Å². The third kappa shape index (κ3) is 4.01. The van der Waals surface area contributed by atoms with Crippen LogP contribution >= 0.6 is 0 Å². The monoisotopic (exact) mass is 436 g/mol. The number of ether oxygens (including phenoxy) is 1. The van der Waals surface area contributed by atoms with Crippen LogP contribution in [-0.4, -0.2) is 35.2 Å². The molecule has 1 aliphatic rings. The van der Waals surface area contributed by atoms with Crippen molar-refractivity contribution in [3.8, 4) is 5.75 Å². The largest absolute Gasteiger partial charge is 0.495 e. The van der Waals surface area contributed by atoms with Crippen molar-refractivity contribution in [2.24, 2.45) is 5.92 Å². The molecule has 11 heteroatoms. The van der Waals surface area contributed by atoms with Gasteiger partial charge in [0.1, 0.15) is 5.75 Å². The molecule has 3 rings (SSSR count). The Kier molecular flexibility index (Phi) is 5.99. The van der Waals surface area contributed by atoms with Crippen LogP contribution in [0.15, 0.2) is 29.2 Å². The molecule has 2 aromatic carbocycles. The van der Waals surface area contributed by atoms with Crippen LogP contribution in [0.3, 0.4) is 0 Å². The molecule has 29 heavy (non-hydrogen) atoms. The van der Waals surface area contributed by atoms with Gasteiger partial charge in [-0.3, -0.25) is 0 Å². The maximum Gasteiger partial charge on any atom is 0.246 e. The lowest BCUT2D eigenvalue weighted by Crippen LogP contribution is -2.32. The summed E-state index contributed by atoms with van der Waals surface area (Å²) < 4.78 is 99.0. The Morgan fingerprint density at radius 3 is 2.24 bits per heavy atom. The van der Waals surface area contributed by atoms with Crippen molar-refractivity contribution in [1.29, 1.82) is 0 Å². The first kappa shape index (κ1) is 21.3. The number of sulfonamides is 1. The van der Waals surface area contributed by atoms with Gasteiger partial charge in [0, 0.05) is 19.6 Å². The number of hydrogen-bond acceptors (Lipinski definition) is 4. The fraction of sp³-hybridized carbons (Fsp3) is 0.333. The van der Waals surface area contributed by atoms with Crippen LogP contribution in [0.5, 0.6) is 5.75 Å². The average Bonchev–Trinajstić information content (AvgIpc) is 3.18. The third-order valence-corrected chi connectivity index (χ3v) is 6.15. The fourth-order valence-corrected chi connectivity index (χ4v) is 4.48. The fourth-order valence-electron chi connectivity index (χ4n) is 3.23. The molecule has 0 spiro atoms. The number of anilines is 1. The van der Waals surface area contributed by atoms with Crippen LogP contribution in [0.25, 0.3) is 0 Å². The SMILES string of the molecule is COc1ccccc1N1CCC(CNS(=O)(=O)c2c(F)c(F)c(F)c(F)c2F)C1. The summed E-state index contributed by atoms with van der Waals surface area (Å²) in [5.41, 5.74) is 0.806. The normalized spacial score (nSPS) is 17.0. The van der Waals surface area contributed by atoms with Gasteiger partial charge in [-0.15, -0.1) is 0 Å². The van der Waals surface area contributed by atoms with E-state index in [1.54, 1.807) is 12.1 Å². The first-order valence-electron chi connectivity index (χ1n) is 8.56. The number of benzene rings is 2. The molecule has 1 N–H and O–H groups in total. The maximum atomic E-state index is 13.8. The molecule has 0 saturated carbocycles. The topological polar surface area (TPSA) is 58.6 Å². The summed E-state index contributed by atoms with van der Waals surface area (Å²) in [6.07, 6.45) is 0.553. The summed E-state index contributed by atoms with van der Waals surface area (Å²) in [6, 6.07) is 7.22. The van der Waals surface area contributed by atoms with E-state index in [4.69, 9.17) is 4.74 Å². The van der Waals surface area contributed by atoms with Gasteiger partial charge >= 0.3 is 0 Å². The number of para-hydroxylation sites is 2. The van der Waals surface area contributed by atoms with Gasteiger partial charge in [0.15, 0.2) is 28.2 Å². The van der Waals surface area contributed by atoms with Gasteiger partial charge in [-0.05, 0) is 24.5 Å². The van der Waals surface area contributed by atoms with Gasteiger partial charge in [-0.1, -0.05) is 12.1 Å². The van der Waals surface area contributed by atoms with Crippen molar-refractivity contribution in [2.75, 3.05) is 31.6 Å². The van der Waals surface area contributed by atoms with E-state index in [0.717, 1.165) is 5.69 Å². The summed E-state index contributed by atoms with van der Waals surface area (Å²) in [5, 5.41) is 0. The molecule has 0 aromatic heterocycles. The van der Waals surface area contributed by atoms with Gasteiger partial charge in [0.2, 0.25) is 15.8 Å². The lowest BCUT2D eigenvalue weighted by Gasteiger charge is -2.21. The minimum atomic E-state index is -4.96. The summed E-state index contributed by atoms with van der Waals surface area (Å²) >= 11 is 0. The van der Waals surface area contributed by atoms with Crippen LogP contribution < -0.4 is 14.4 Å². The highest BCUT2D eigenvalue weighted by Crippen LogP contribution is 2.32. The van der Waals surface area contributed by atoms with Crippen LogP contribution in [0.1, 0.15) is 6.42 Å². The Morgan fingerprint density at radius 1 is 1.03 bits per heavy atom. The molecule has 158 valence electrons. The number of methoxy groups -OCH3 is 1. The molecular formula is C18H17F5N2O3S. The predicted octanol–water partition coefficient (Wildman–Crippen LogP) is 3.20. The molecule has 1 unspecified atom stereocenters. The molecule has 5 nitrogen and oxygen atoms in total. The van der Waals surface area contributed by atoms with Crippen molar-refractivity contribution in [1.82, 2.24) is 4.72 Å². The van der Waals surface area contributed by atoms with E-state index < -0.39 is 44.0 Å². The Morgan fingerprint density at radius 2 is 1.62 bits per heavy atom. The van der Waals surface area contributed by atoms with E-state index >= 15 is 0 Å². The summed E-state index contributed by atoms with van der Waals surface area (Å²) in [7, 11) is -3.44. The Balaban J connectivity index is 1.74. The first-order chi connectivity index (χ1) is 13.7. The Hall–Kier alpha value is -2.40. The molecule has 0 amide bonds. The van der Waals surface area contributed by atoms with Crippen LogP contribution in [0.2, 0.25) is 0 Å². The van der Waals surface area contributed by atoms with Crippen molar-refractivity contribution in [2.45, 2.75) is 11.3 Å². The molecule has 1 aliphatic heterocycles. The van der Waals surface area contributed by atoms with Gasteiger partial charge in [0.05, 0.1) is 12.8 Å². The second-order valence-electron chi connectivity index (χ2n) is 6.52.